The standard InChI is InChI=1S/C13H23NO2/c1-10(2)12(15)4-5-13(16)14-8-6-11(3)7-9-14/h10-11H,4-9H2,1-3H3. The normalized spacial score (nSPS) is 17.9. The molecule has 1 rings (SSSR count). The molecule has 0 atom stereocenters. The van der Waals surface area contributed by atoms with E-state index in [1.807, 2.05) is 18.7 Å². The summed E-state index contributed by atoms with van der Waals surface area (Å²) in [5.41, 5.74) is 0. The summed E-state index contributed by atoms with van der Waals surface area (Å²) in [5, 5.41) is 0. The number of likely N-dealkylation sites (tertiary alicyclic amines) is 1. The van der Waals surface area contributed by atoms with Gasteiger partial charge < -0.3 is 4.90 Å². The van der Waals surface area contributed by atoms with Gasteiger partial charge in [0.1, 0.15) is 5.78 Å². The zero-order chi connectivity index (χ0) is 12.1. The number of amides is 1. The van der Waals surface area contributed by atoms with Crippen LogP contribution >= 0.6 is 0 Å². The molecule has 0 aliphatic carbocycles. The lowest BCUT2D eigenvalue weighted by Gasteiger charge is -2.30. The van der Waals surface area contributed by atoms with Crippen LogP contribution in [0.4, 0.5) is 0 Å². The molecule has 92 valence electrons. The zero-order valence-corrected chi connectivity index (χ0v) is 10.7. The molecule has 1 saturated heterocycles. The minimum absolute atomic E-state index is 0.0502. The number of nitrogens with zero attached hydrogens (tertiary/aromatic N) is 1. The molecule has 3 nitrogen and oxygen atoms in total. The van der Waals surface area contributed by atoms with Crippen LogP contribution in [-0.4, -0.2) is 29.7 Å². The van der Waals surface area contributed by atoms with Gasteiger partial charge in [-0.2, -0.15) is 0 Å². The first-order valence-corrected chi connectivity index (χ1v) is 6.31. The molecule has 1 aliphatic heterocycles. The fourth-order valence-electron chi connectivity index (χ4n) is 1.93. The van der Waals surface area contributed by atoms with Crippen molar-refractivity contribution in [2.45, 2.75) is 46.5 Å². The molecule has 0 saturated carbocycles. The summed E-state index contributed by atoms with van der Waals surface area (Å²) < 4.78 is 0. The smallest absolute Gasteiger partial charge is 0.223 e. The average Bonchev–Trinajstić information content (AvgIpc) is 2.26. The van der Waals surface area contributed by atoms with Crippen molar-refractivity contribution in [2.75, 3.05) is 13.1 Å². The molecule has 0 aromatic carbocycles. The van der Waals surface area contributed by atoms with Crippen molar-refractivity contribution in [1.82, 2.24) is 4.90 Å². The van der Waals surface area contributed by atoms with Crippen LogP contribution in [-0.2, 0) is 9.59 Å². The van der Waals surface area contributed by atoms with Crippen LogP contribution < -0.4 is 0 Å². The molecule has 0 aromatic rings. The molecule has 16 heavy (non-hydrogen) atoms. The Morgan fingerprint density at radius 1 is 1.19 bits per heavy atom. The van der Waals surface area contributed by atoms with Gasteiger partial charge in [0.2, 0.25) is 5.91 Å². The van der Waals surface area contributed by atoms with Gasteiger partial charge in [0.25, 0.3) is 0 Å². The molecule has 1 aliphatic rings. The summed E-state index contributed by atoms with van der Waals surface area (Å²) >= 11 is 0. The molecular formula is C13H23NO2. The predicted octanol–water partition coefficient (Wildman–Crippen LogP) is 2.25. The molecule has 0 aromatic heterocycles. The Bertz CT molecular complexity index is 253. The van der Waals surface area contributed by atoms with E-state index in [4.69, 9.17) is 0 Å². The maximum atomic E-state index is 11.8. The molecule has 1 fully saturated rings. The van der Waals surface area contributed by atoms with Gasteiger partial charge >= 0.3 is 0 Å². The van der Waals surface area contributed by atoms with E-state index in [1.54, 1.807) is 0 Å². The lowest BCUT2D eigenvalue weighted by molar-refractivity contribution is -0.134. The predicted molar refractivity (Wildman–Crippen MR) is 64.1 cm³/mol. The van der Waals surface area contributed by atoms with Crippen LogP contribution in [0, 0.1) is 11.8 Å². The Balaban J connectivity index is 2.27. The highest BCUT2D eigenvalue weighted by molar-refractivity contribution is 5.86. The molecule has 1 heterocycles. The summed E-state index contributed by atoms with van der Waals surface area (Å²) in [6, 6.07) is 0. The average molecular weight is 225 g/mol. The first kappa shape index (κ1) is 13.2. The van der Waals surface area contributed by atoms with Crippen LogP contribution in [0.3, 0.4) is 0 Å². The van der Waals surface area contributed by atoms with Gasteiger partial charge in [0.15, 0.2) is 0 Å². The quantitative estimate of drug-likeness (QED) is 0.736. The molecule has 0 N–H and O–H groups in total. The lowest BCUT2D eigenvalue weighted by Crippen LogP contribution is -2.38. The van der Waals surface area contributed by atoms with Crippen LogP contribution in [0.5, 0.6) is 0 Å². The Morgan fingerprint density at radius 2 is 1.75 bits per heavy atom. The van der Waals surface area contributed by atoms with E-state index in [0.29, 0.717) is 12.8 Å². The third kappa shape index (κ3) is 3.95. The van der Waals surface area contributed by atoms with Gasteiger partial charge in [-0.25, -0.2) is 0 Å². The number of piperidine rings is 1. The van der Waals surface area contributed by atoms with Gasteiger partial charge in [-0.1, -0.05) is 20.8 Å². The largest absolute Gasteiger partial charge is 0.343 e. The summed E-state index contributed by atoms with van der Waals surface area (Å²) in [4.78, 5) is 25.1. The summed E-state index contributed by atoms with van der Waals surface area (Å²) in [6.07, 6.45) is 3.00. The second kappa shape index (κ2) is 6.02. The van der Waals surface area contributed by atoms with E-state index in [-0.39, 0.29) is 17.6 Å². The Morgan fingerprint density at radius 3 is 2.25 bits per heavy atom. The van der Waals surface area contributed by atoms with Crippen molar-refractivity contribution < 1.29 is 9.59 Å². The third-order valence-corrected chi connectivity index (χ3v) is 3.37. The van der Waals surface area contributed by atoms with Crippen molar-refractivity contribution in [2.24, 2.45) is 11.8 Å². The number of hydrogen-bond donors (Lipinski definition) is 0. The van der Waals surface area contributed by atoms with Crippen molar-refractivity contribution in [3.63, 3.8) is 0 Å². The molecule has 0 unspecified atom stereocenters. The molecule has 1 amide bonds. The van der Waals surface area contributed by atoms with Gasteiger partial charge in [-0.3, -0.25) is 9.59 Å². The van der Waals surface area contributed by atoms with Crippen molar-refractivity contribution in [1.29, 1.82) is 0 Å². The fourth-order valence-corrected chi connectivity index (χ4v) is 1.93. The van der Waals surface area contributed by atoms with Crippen molar-refractivity contribution >= 4 is 11.7 Å². The molecule has 0 radical (unpaired) electrons. The highest BCUT2D eigenvalue weighted by Crippen LogP contribution is 2.17. The van der Waals surface area contributed by atoms with Crippen LogP contribution in [0.2, 0.25) is 0 Å². The maximum absolute atomic E-state index is 11.8. The second-order valence-electron chi connectivity index (χ2n) is 5.18. The number of hydrogen-bond acceptors (Lipinski definition) is 2. The molecule has 0 spiro atoms. The van der Waals surface area contributed by atoms with Crippen LogP contribution in [0.1, 0.15) is 46.5 Å². The second-order valence-corrected chi connectivity index (χ2v) is 5.18. The third-order valence-electron chi connectivity index (χ3n) is 3.37. The number of ketones is 1. The Labute approximate surface area is 98.2 Å². The Hall–Kier alpha value is -0.860. The first-order chi connectivity index (χ1) is 7.50. The lowest BCUT2D eigenvalue weighted by atomic mass is 9.98. The van der Waals surface area contributed by atoms with Gasteiger partial charge in [-0.05, 0) is 18.8 Å². The summed E-state index contributed by atoms with van der Waals surface area (Å²) in [7, 11) is 0. The number of carbonyl (C=O) groups is 2. The van der Waals surface area contributed by atoms with Crippen molar-refractivity contribution in [3.05, 3.63) is 0 Å². The molecule has 0 bridgehead atoms. The summed E-state index contributed by atoms with van der Waals surface area (Å²) in [5.74, 6) is 1.13. The summed E-state index contributed by atoms with van der Waals surface area (Å²) in [6.45, 7) is 7.74. The molecular weight excluding hydrogens is 202 g/mol. The van der Waals surface area contributed by atoms with Crippen molar-refractivity contribution in [3.8, 4) is 0 Å². The maximum Gasteiger partial charge on any atom is 0.223 e. The van der Waals surface area contributed by atoms with E-state index < -0.39 is 0 Å². The first-order valence-electron chi connectivity index (χ1n) is 6.31. The minimum Gasteiger partial charge on any atom is -0.343 e. The zero-order valence-electron chi connectivity index (χ0n) is 10.7. The number of Topliss-reactive ketones (excluding diaryl/α,β-unsaturated/α-hetero) is 1. The number of rotatable bonds is 4. The van der Waals surface area contributed by atoms with E-state index in [0.717, 1.165) is 31.8 Å². The van der Waals surface area contributed by atoms with Gasteiger partial charge in [0, 0.05) is 31.8 Å². The minimum atomic E-state index is 0.0502. The van der Waals surface area contributed by atoms with E-state index in [9.17, 15) is 9.59 Å². The van der Waals surface area contributed by atoms with Gasteiger partial charge in [-0.15, -0.1) is 0 Å². The highest BCUT2D eigenvalue weighted by atomic mass is 16.2. The monoisotopic (exact) mass is 225 g/mol. The fraction of sp³-hybridized carbons (Fsp3) is 0.846. The van der Waals surface area contributed by atoms with Crippen LogP contribution in [0.15, 0.2) is 0 Å². The van der Waals surface area contributed by atoms with E-state index in [2.05, 4.69) is 6.92 Å². The topological polar surface area (TPSA) is 37.4 Å². The Kier molecular flexibility index (Phi) is 4.97. The van der Waals surface area contributed by atoms with E-state index in [1.165, 1.54) is 0 Å². The van der Waals surface area contributed by atoms with Crippen LogP contribution in [0.25, 0.3) is 0 Å². The highest BCUT2D eigenvalue weighted by Gasteiger charge is 2.20. The SMILES string of the molecule is CC1CCN(C(=O)CCC(=O)C(C)C)CC1. The number of carbonyl (C=O) groups excluding carboxylic acids is 2. The van der Waals surface area contributed by atoms with Gasteiger partial charge in [0.05, 0.1) is 0 Å². The van der Waals surface area contributed by atoms with E-state index >= 15 is 0 Å². The molecule has 3 heteroatoms.